The zero-order valence-corrected chi connectivity index (χ0v) is 12.9. The lowest BCUT2D eigenvalue weighted by atomic mass is 9.99. The molecule has 1 aliphatic heterocycles. The smallest absolute Gasteiger partial charge is 0.243 e. The van der Waals surface area contributed by atoms with Crippen LogP contribution in [-0.2, 0) is 4.79 Å². The number of nitrogens with one attached hydrogen (secondary N) is 1. The van der Waals surface area contributed by atoms with Crippen LogP contribution in [-0.4, -0.2) is 29.1 Å². The monoisotopic (exact) mass is 266 g/mol. The van der Waals surface area contributed by atoms with Crippen molar-refractivity contribution < 1.29 is 4.79 Å². The molecule has 3 heteroatoms. The zero-order valence-electron chi connectivity index (χ0n) is 12.9. The standard InChI is InChI=1S/C16H30N2O/c1-4-6-9-12-18-14(13-10-7-8-11-13)17-16(3,5-2)15(18)19/h13-14,17H,4-12H2,1-3H3. The van der Waals surface area contributed by atoms with E-state index in [9.17, 15) is 4.79 Å². The third-order valence-corrected chi connectivity index (χ3v) is 5.09. The van der Waals surface area contributed by atoms with E-state index in [-0.39, 0.29) is 5.54 Å². The highest BCUT2D eigenvalue weighted by atomic mass is 16.2. The van der Waals surface area contributed by atoms with Crippen LogP contribution < -0.4 is 5.32 Å². The highest BCUT2D eigenvalue weighted by molar-refractivity contribution is 5.88. The Hall–Kier alpha value is -0.570. The SMILES string of the molecule is CCCCCN1C(=O)C(C)(CC)NC1C1CCCC1. The third-order valence-electron chi connectivity index (χ3n) is 5.09. The summed E-state index contributed by atoms with van der Waals surface area (Å²) in [5, 5.41) is 3.66. The lowest BCUT2D eigenvalue weighted by Gasteiger charge is -2.29. The maximum absolute atomic E-state index is 12.7. The summed E-state index contributed by atoms with van der Waals surface area (Å²) in [7, 11) is 0. The molecule has 0 aromatic rings. The van der Waals surface area contributed by atoms with Gasteiger partial charge in [-0.3, -0.25) is 10.1 Å². The molecule has 1 saturated carbocycles. The van der Waals surface area contributed by atoms with Gasteiger partial charge in [-0.2, -0.15) is 0 Å². The van der Waals surface area contributed by atoms with Gasteiger partial charge in [-0.25, -0.2) is 0 Å². The Bertz CT molecular complexity index is 312. The largest absolute Gasteiger partial charge is 0.325 e. The highest BCUT2D eigenvalue weighted by Crippen LogP contribution is 2.35. The number of hydrogen-bond donors (Lipinski definition) is 1. The molecule has 1 aliphatic carbocycles. The molecule has 19 heavy (non-hydrogen) atoms. The maximum atomic E-state index is 12.7. The summed E-state index contributed by atoms with van der Waals surface area (Å²) in [6, 6.07) is 0. The first-order valence-electron chi connectivity index (χ1n) is 8.21. The molecule has 2 aliphatic rings. The molecule has 0 radical (unpaired) electrons. The molecule has 110 valence electrons. The van der Waals surface area contributed by atoms with Gasteiger partial charge in [0.15, 0.2) is 0 Å². The van der Waals surface area contributed by atoms with Crippen LogP contribution in [0, 0.1) is 5.92 Å². The van der Waals surface area contributed by atoms with E-state index in [1.165, 1.54) is 38.5 Å². The van der Waals surface area contributed by atoms with Crippen molar-refractivity contribution in [2.75, 3.05) is 6.54 Å². The van der Waals surface area contributed by atoms with Crippen LogP contribution in [0.2, 0.25) is 0 Å². The minimum absolute atomic E-state index is 0.303. The van der Waals surface area contributed by atoms with Crippen LogP contribution in [0.4, 0.5) is 0 Å². The Morgan fingerprint density at radius 3 is 2.53 bits per heavy atom. The highest BCUT2D eigenvalue weighted by Gasteiger charge is 2.48. The van der Waals surface area contributed by atoms with Crippen LogP contribution in [0.1, 0.15) is 72.1 Å². The Morgan fingerprint density at radius 1 is 1.26 bits per heavy atom. The molecule has 1 saturated heterocycles. The summed E-state index contributed by atoms with van der Waals surface area (Å²) in [5.74, 6) is 1.02. The van der Waals surface area contributed by atoms with E-state index in [2.05, 4.69) is 31.0 Å². The number of unbranched alkanes of at least 4 members (excludes halogenated alkanes) is 2. The fourth-order valence-electron chi connectivity index (χ4n) is 3.58. The van der Waals surface area contributed by atoms with Gasteiger partial charge >= 0.3 is 0 Å². The summed E-state index contributed by atoms with van der Waals surface area (Å²) in [6.07, 6.45) is 10.0. The third kappa shape index (κ3) is 2.96. The first kappa shape index (κ1) is 14.8. The number of nitrogens with zero attached hydrogens (tertiary/aromatic N) is 1. The first-order chi connectivity index (χ1) is 9.12. The van der Waals surface area contributed by atoms with Crippen LogP contribution in [0.5, 0.6) is 0 Å². The van der Waals surface area contributed by atoms with Crippen LogP contribution in [0.15, 0.2) is 0 Å². The summed E-state index contributed by atoms with van der Waals surface area (Å²) >= 11 is 0. The van der Waals surface area contributed by atoms with Crippen molar-refractivity contribution >= 4 is 5.91 Å². The van der Waals surface area contributed by atoms with Crippen LogP contribution in [0.3, 0.4) is 0 Å². The van der Waals surface area contributed by atoms with Gasteiger partial charge < -0.3 is 4.90 Å². The van der Waals surface area contributed by atoms with Gasteiger partial charge in [0.2, 0.25) is 5.91 Å². The molecule has 2 fully saturated rings. The Labute approximate surface area is 118 Å². The minimum Gasteiger partial charge on any atom is -0.325 e. The fraction of sp³-hybridized carbons (Fsp3) is 0.938. The molecule has 1 amide bonds. The topological polar surface area (TPSA) is 32.3 Å². The van der Waals surface area contributed by atoms with E-state index in [1.54, 1.807) is 0 Å². The number of carbonyl (C=O) groups is 1. The quantitative estimate of drug-likeness (QED) is 0.748. The summed E-state index contributed by atoms with van der Waals surface area (Å²) in [6.45, 7) is 7.36. The van der Waals surface area contributed by atoms with Crippen molar-refractivity contribution in [3.63, 3.8) is 0 Å². The first-order valence-corrected chi connectivity index (χ1v) is 8.21. The number of rotatable bonds is 6. The molecule has 2 atom stereocenters. The van der Waals surface area contributed by atoms with Gasteiger partial charge in [-0.05, 0) is 38.5 Å². The lowest BCUT2D eigenvalue weighted by molar-refractivity contribution is -0.133. The molecule has 2 rings (SSSR count). The van der Waals surface area contributed by atoms with Gasteiger partial charge in [0.25, 0.3) is 0 Å². The number of amides is 1. The van der Waals surface area contributed by atoms with Crippen molar-refractivity contribution in [3.05, 3.63) is 0 Å². The van der Waals surface area contributed by atoms with E-state index in [0.29, 0.717) is 18.0 Å². The van der Waals surface area contributed by atoms with Gasteiger partial charge in [0.1, 0.15) is 0 Å². The molecule has 0 bridgehead atoms. The van der Waals surface area contributed by atoms with E-state index in [4.69, 9.17) is 0 Å². The van der Waals surface area contributed by atoms with E-state index < -0.39 is 0 Å². The molecule has 3 nitrogen and oxygen atoms in total. The Kier molecular flexibility index (Phi) is 4.88. The zero-order chi connectivity index (χ0) is 13.9. The summed E-state index contributed by atoms with van der Waals surface area (Å²) < 4.78 is 0. The van der Waals surface area contributed by atoms with E-state index in [1.807, 2.05) is 0 Å². The van der Waals surface area contributed by atoms with Crippen LogP contribution >= 0.6 is 0 Å². The summed E-state index contributed by atoms with van der Waals surface area (Å²) in [5.41, 5.74) is -0.320. The normalized spacial score (nSPS) is 32.5. The fourth-order valence-corrected chi connectivity index (χ4v) is 3.58. The summed E-state index contributed by atoms with van der Waals surface area (Å²) in [4.78, 5) is 14.8. The molecular formula is C16H30N2O. The van der Waals surface area contributed by atoms with Crippen molar-refractivity contribution in [2.45, 2.75) is 83.8 Å². The molecule has 0 aromatic carbocycles. The van der Waals surface area contributed by atoms with E-state index in [0.717, 1.165) is 19.4 Å². The Balaban J connectivity index is 2.06. The molecule has 0 spiro atoms. The average molecular weight is 266 g/mol. The molecule has 0 aromatic heterocycles. The van der Waals surface area contributed by atoms with Crippen molar-refractivity contribution in [2.24, 2.45) is 5.92 Å². The van der Waals surface area contributed by atoms with Crippen molar-refractivity contribution in [1.82, 2.24) is 10.2 Å². The van der Waals surface area contributed by atoms with Crippen LogP contribution in [0.25, 0.3) is 0 Å². The minimum atomic E-state index is -0.320. The second-order valence-corrected chi connectivity index (χ2v) is 6.53. The van der Waals surface area contributed by atoms with Crippen molar-refractivity contribution in [1.29, 1.82) is 0 Å². The predicted octanol–water partition coefficient (Wildman–Crippen LogP) is 3.29. The second kappa shape index (κ2) is 6.25. The van der Waals surface area contributed by atoms with Gasteiger partial charge in [0, 0.05) is 6.54 Å². The van der Waals surface area contributed by atoms with E-state index >= 15 is 0 Å². The second-order valence-electron chi connectivity index (χ2n) is 6.53. The lowest BCUT2D eigenvalue weighted by Crippen LogP contribution is -2.45. The van der Waals surface area contributed by atoms with Crippen molar-refractivity contribution in [3.8, 4) is 0 Å². The predicted molar refractivity (Wildman–Crippen MR) is 78.8 cm³/mol. The van der Waals surface area contributed by atoms with Gasteiger partial charge in [-0.1, -0.05) is 39.5 Å². The molecule has 1 N–H and O–H groups in total. The number of hydrogen-bond acceptors (Lipinski definition) is 2. The Morgan fingerprint density at radius 2 is 1.95 bits per heavy atom. The molecular weight excluding hydrogens is 236 g/mol. The number of carbonyl (C=O) groups excluding carboxylic acids is 1. The molecule has 1 heterocycles. The maximum Gasteiger partial charge on any atom is 0.243 e. The molecule has 2 unspecified atom stereocenters. The van der Waals surface area contributed by atoms with Gasteiger partial charge in [0.05, 0.1) is 11.7 Å². The average Bonchev–Trinajstić information content (AvgIpc) is 3.01. The van der Waals surface area contributed by atoms with Gasteiger partial charge in [-0.15, -0.1) is 0 Å².